The second-order valence-electron chi connectivity index (χ2n) is 9.08. The number of hydrogen-bond acceptors (Lipinski definition) is 6. The van der Waals surface area contributed by atoms with E-state index in [9.17, 15) is 9.90 Å². The highest BCUT2D eigenvalue weighted by molar-refractivity contribution is 6.15. The van der Waals surface area contributed by atoms with Crippen LogP contribution < -0.4 is 10.1 Å². The first-order valence-corrected chi connectivity index (χ1v) is 11.7. The van der Waals surface area contributed by atoms with Crippen LogP contribution in [0.25, 0.3) is 11.8 Å². The van der Waals surface area contributed by atoms with Gasteiger partial charge in [-0.1, -0.05) is 36.4 Å². The van der Waals surface area contributed by atoms with Crippen molar-refractivity contribution in [1.82, 2.24) is 20.1 Å². The highest BCUT2D eigenvalue weighted by Crippen LogP contribution is 2.34. The Balaban J connectivity index is 1.86. The fraction of sp³-hybridized carbons (Fsp3) is 0.333. The molecule has 3 aromatic rings. The minimum atomic E-state index is -0.891. The molecule has 0 aliphatic carbocycles. The maximum absolute atomic E-state index is 12.6. The summed E-state index contributed by atoms with van der Waals surface area (Å²) in [6.45, 7) is 7.80. The van der Waals surface area contributed by atoms with Gasteiger partial charge >= 0.3 is 0 Å². The van der Waals surface area contributed by atoms with Crippen molar-refractivity contribution >= 4 is 17.7 Å². The van der Waals surface area contributed by atoms with Crippen LogP contribution in [0.4, 0.5) is 0 Å². The molecule has 2 N–H and O–H groups in total. The highest BCUT2D eigenvalue weighted by atomic mass is 16.5. The lowest BCUT2D eigenvalue weighted by Gasteiger charge is -2.14. The smallest absolute Gasteiger partial charge is 0.222 e. The third-order valence-electron chi connectivity index (χ3n) is 5.75. The van der Waals surface area contributed by atoms with E-state index in [4.69, 9.17) is 9.73 Å². The molecule has 8 heteroatoms. The molecule has 8 nitrogen and oxygen atoms in total. The number of hydrogen-bond donors (Lipinski definition) is 2. The fourth-order valence-corrected chi connectivity index (χ4v) is 4.07. The van der Waals surface area contributed by atoms with Gasteiger partial charge in [-0.15, -0.1) is 10.2 Å². The summed E-state index contributed by atoms with van der Waals surface area (Å²) in [6.07, 6.45) is 3.80. The first-order chi connectivity index (χ1) is 16.7. The number of carbonyl (C=O) groups excluding carboxylic acids is 1. The number of fused-ring (bicyclic) bond motifs is 3. The minimum absolute atomic E-state index is 0.0940. The second-order valence-corrected chi connectivity index (χ2v) is 9.08. The second kappa shape index (κ2) is 9.84. The molecule has 1 aliphatic heterocycles. The molecular weight excluding hydrogens is 442 g/mol. The van der Waals surface area contributed by atoms with Crippen molar-refractivity contribution in [3.05, 3.63) is 76.9 Å². The average Bonchev–Trinajstić information content (AvgIpc) is 3.15. The molecule has 1 atom stereocenters. The fourth-order valence-electron chi connectivity index (χ4n) is 4.07. The first kappa shape index (κ1) is 24.3. The number of aliphatic hydroxyl groups is 1. The van der Waals surface area contributed by atoms with E-state index in [1.165, 1.54) is 0 Å². The van der Waals surface area contributed by atoms with Crippen LogP contribution >= 0.6 is 0 Å². The SMILES string of the molecule is CCNC(=O)CC1N=C(c2ccc(C=CC(C)(C)O)cc2)c2cc(OC)ccc2-n2c(C)nnc21. The molecule has 0 radical (unpaired) electrons. The van der Waals surface area contributed by atoms with E-state index in [2.05, 4.69) is 15.5 Å². The zero-order chi connectivity index (χ0) is 25.2. The lowest BCUT2D eigenvalue weighted by atomic mass is 9.98. The van der Waals surface area contributed by atoms with Crippen molar-refractivity contribution in [2.24, 2.45) is 4.99 Å². The predicted molar refractivity (Wildman–Crippen MR) is 136 cm³/mol. The molecule has 0 fully saturated rings. The van der Waals surface area contributed by atoms with Crippen molar-refractivity contribution in [2.75, 3.05) is 13.7 Å². The number of amides is 1. The summed E-state index contributed by atoms with van der Waals surface area (Å²) in [5.74, 6) is 1.95. The maximum Gasteiger partial charge on any atom is 0.222 e. The van der Waals surface area contributed by atoms with Crippen LogP contribution in [0.2, 0.25) is 0 Å². The Hall–Kier alpha value is -3.78. The molecule has 1 aliphatic rings. The summed E-state index contributed by atoms with van der Waals surface area (Å²) in [5.41, 5.74) is 3.47. The van der Waals surface area contributed by atoms with Crippen LogP contribution in [0.1, 0.15) is 61.6 Å². The summed E-state index contributed by atoms with van der Waals surface area (Å²) in [5, 5.41) is 21.5. The van der Waals surface area contributed by atoms with Gasteiger partial charge < -0.3 is 15.2 Å². The van der Waals surface area contributed by atoms with Crippen molar-refractivity contribution in [2.45, 2.75) is 45.8 Å². The molecule has 1 aromatic heterocycles. The van der Waals surface area contributed by atoms with Crippen LogP contribution in [-0.2, 0) is 4.79 Å². The molecule has 2 heterocycles. The number of aromatic nitrogens is 3. The number of methoxy groups -OCH3 is 1. The average molecular weight is 474 g/mol. The van der Waals surface area contributed by atoms with E-state index in [1.807, 2.05) is 67.0 Å². The Morgan fingerprint density at radius 3 is 2.60 bits per heavy atom. The van der Waals surface area contributed by atoms with Crippen molar-refractivity contribution < 1.29 is 14.6 Å². The van der Waals surface area contributed by atoms with Gasteiger partial charge in [0.05, 0.1) is 30.5 Å². The number of carbonyl (C=O) groups is 1. The Labute approximate surface area is 205 Å². The van der Waals surface area contributed by atoms with Crippen molar-refractivity contribution in [3.8, 4) is 11.4 Å². The highest BCUT2D eigenvalue weighted by Gasteiger charge is 2.29. The third kappa shape index (κ3) is 5.33. The van der Waals surface area contributed by atoms with E-state index in [0.29, 0.717) is 18.1 Å². The van der Waals surface area contributed by atoms with Crippen LogP contribution in [0.3, 0.4) is 0 Å². The molecule has 4 rings (SSSR count). The van der Waals surface area contributed by atoms with Crippen molar-refractivity contribution in [3.63, 3.8) is 0 Å². The lowest BCUT2D eigenvalue weighted by Crippen LogP contribution is -2.25. The van der Waals surface area contributed by atoms with Gasteiger partial charge in [-0.3, -0.25) is 14.4 Å². The van der Waals surface area contributed by atoms with Gasteiger partial charge in [-0.05, 0) is 51.5 Å². The molecule has 2 aromatic carbocycles. The van der Waals surface area contributed by atoms with Gasteiger partial charge in [0.25, 0.3) is 0 Å². The summed E-state index contributed by atoms with van der Waals surface area (Å²) in [7, 11) is 1.63. The van der Waals surface area contributed by atoms with Crippen LogP contribution in [0.5, 0.6) is 5.75 Å². The third-order valence-corrected chi connectivity index (χ3v) is 5.75. The van der Waals surface area contributed by atoms with E-state index in [1.54, 1.807) is 27.0 Å². The van der Waals surface area contributed by atoms with E-state index in [0.717, 1.165) is 33.9 Å². The molecule has 0 bridgehead atoms. The summed E-state index contributed by atoms with van der Waals surface area (Å²) >= 11 is 0. The molecule has 0 saturated heterocycles. The van der Waals surface area contributed by atoms with E-state index < -0.39 is 11.6 Å². The maximum atomic E-state index is 12.6. The minimum Gasteiger partial charge on any atom is -0.497 e. The largest absolute Gasteiger partial charge is 0.497 e. The van der Waals surface area contributed by atoms with E-state index >= 15 is 0 Å². The Kier molecular flexibility index (Phi) is 6.84. The predicted octanol–water partition coefficient (Wildman–Crippen LogP) is 3.79. The molecule has 182 valence electrons. The molecule has 1 amide bonds. The molecule has 0 saturated carbocycles. The zero-order valence-corrected chi connectivity index (χ0v) is 20.7. The number of benzene rings is 2. The summed E-state index contributed by atoms with van der Waals surface area (Å²) in [4.78, 5) is 17.6. The summed E-state index contributed by atoms with van der Waals surface area (Å²) < 4.78 is 7.49. The number of rotatable bonds is 7. The number of aliphatic imine (C=N–C) groups is 1. The zero-order valence-electron chi connectivity index (χ0n) is 20.7. The molecule has 0 spiro atoms. The Morgan fingerprint density at radius 1 is 1.20 bits per heavy atom. The first-order valence-electron chi connectivity index (χ1n) is 11.7. The monoisotopic (exact) mass is 473 g/mol. The molecule has 1 unspecified atom stereocenters. The Morgan fingerprint density at radius 2 is 1.94 bits per heavy atom. The number of nitrogens with one attached hydrogen (secondary N) is 1. The topological polar surface area (TPSA) is 102 Å². The van der Waals surface area contributed by atoms with E-state index in [-0.39, 0.29) is 12.3 Å². The molecule has 35 heavy (non-hydrogen) atoms. The van der Waals surface area contributed by atoms with Gasteiger partial charge in [-0.2, -0.15) is 0 Å². The Bertz CT molecular complexity index is 1280. The molecular formula is C27H31N5O3. The van der Waals surface area contributed by atoms with Crippen LogP contribution in [0.15, 0.2) is 53.5 Å². The normalized spacial score (nSPS) is 15.3. The van der Waals surface area contributed by atoms with Crippen molar-refractivity contribution in [1.29, 1.82) is 0 Å². The van der Waals surface area contributed by atoms with Gasteiger partial charge in [0, 0.05) is 17.7 Å². The quantitative estimate of drug-likeness (QED) is 0.544. The number of nitrogens with zero attached hydrogens (tertiary/aromatic N) is 4. The van der Waals surface area contributed by atoms with Gasteiger partial charge in [0.2, 0.25) is 5.91 Å². The van der Waals surface area contributed by atoms with Gasteiger partial charge in [0.15, 0.2) is 5.82 Å². The summed E-state index contributed by atoms with van der Waals surface area (Å²) in [6, 6.07) is 13.3. The van der Waals surface area contributed by atoms with Gasteiger partial charge in [-0.25, -0.2) is 0 Å². The van der Waals surface area contributed by atoms with Gasteiger partial charge in [0.1, 0.15) is 17.6 Å². The van der Waals surface area contributed by atoms with Crippen LogP contribution in [-0.4, -0.2) is 50.7 Å². The number of ether oxygens (including phenoxy) is 1. The number of aryl methyl sites for hydroxylation is 1. The van der Waals surface area contributed by atoms with Crippen LogP contribution in [0, 0.1) is 6.92 Å². The standard InChI is InChI=1S/C27H31N5O3/c1-6-28-24(33)16-22-26-31-30-17(2)32(26)23-12-11-20(35-5)15-21(23)25(29-22)19-9-7-18(8-10-19)13-14-27(3,4)34/h7-15,22,34H,6,16H2,1-5H3,(H,28,33). The lowest BCUT2D eigenvalue weighted by molar-refractivity contribution is -0.121.